The molecule has 31 heavy (non-hydrogen) atoms. The molecule has 0 saturated carbocycles. The van der Waals surface area contributed by atoms with Gasteiger partial charge in [0.25, 0.3) is 5.56 Å². The van der Waals surface area contributed by atoms with Crippen molar-refractivity contribution in [2.24, 2.45) is 5.92 Å². The van der Waals surface area contributed by atoms with Crippen LogP contribution in [0.1, 0.15) is 19.5 Å². The third-order valence-electron chi connectivity index (χ3n) is 4.78. The van der Waals surface area contributed by atoms with Crippen molar-refractivity contribution in [3.05, 3.63) is 46.4 Å². The van der Waals surface area contributed by atoms with Crippen molar-refractivity contribution in [3.63, 3.8) is 0 Å². The van der Waals surface area contributed by atoms with Crippen molar-refractivity contribution in [1.29, 1.82) is 0 Å². The Bertz CT molecular complexity index is 1290. The highest BCUT2D eigenvalue weighted by molar-refractivity contribution is 7.98. The molecule has 0 fully saturated rings. The number of aromatic nitrogens is 3. The van der Waals surface area contributed by atoms with Crippen LogP contribution in [0.15, 0.2) is 45.2 Å². The molecule has 0 atom stereocenters. The lowest BCUT2D eigenvalue weighted by Gasteiger charge is -2.14. The highest BCUT2D eigenvalue weighted by atomic mass is 32.2. The predicted octanol–water partition coefficient (Wildman–Crippen LogP) is 2.93. The molecule has 8 nitrogen and oxygen atoms in total. The van der Waals surface area contributed by atoms with E-state index in [0.29, 0.717) is 28.4 Å². The van der Waals surface area contributed by atoms with Crippen LogP contribution >= 0.6 is 11.8 Å². The molecule has 0 bridgehead atoms. The molecule has 1 aromatic carbocycles. The van der Waals surface area contributed by atoms with Crippen LogP contribution in [0.3, 0.4) is 0 Å². The van der Waals surface area contributed by atoms with Crippen LogP contribution in [0, 0.1) is 12.8 Å². The Morgan fingerprint density at radius 1 is 1.19 bits per heavy atom. The van der Waals surface area contributed by atoms with Crippen LogP contribution in [-0.4, -0.2) is 41.0 Å². The number of nitrogens with zero attached hydrogens (tertiary/aromatic N) is 3. The number of anilines is 1. The number of benzene rings is 1. The second-order valence-electron chi connectivity index (χ2n) is 7.86. The Morgan fingerprint density at radius 3 is 2.39 bits per heavy atom. The molecule has 3 aromatic rings. The van der Waals surface area contributed by atoms with Crippen molar-refractivity contribution in [1.82, 2.24) is 14.1 Å². The first-order valence-corrected chi connectivity index (χ1v) is 12.9. The van der Waals surface area contributed by atoms with Gasteiger partial charge < -0.3 is 9.88 Å². The summed E-state index contributed by atoms with van der Waals surface area (Å²) >= 11 is 1.42. The number of thioether (sulfide) groups is 1. The average molecular weight is 463 g/mol. The number of fused-ring (bicyclic) bond motifs is 1. The molecule has 3 rings (SSSR count). The zero-order chi connectivity index (χ0) is 22.9. The second kappa shape index (κ2) is 8.88. The lowest BCUT2D eigenvalue weighted by molar-refractivity contribution is -0.116. The van der Waals surface area contributed by atoms with E-state index in [-0.39, 0.29) is 28.8 Å². The van der Waals surface area contributed by atoms with E-state index in [2.05, 4.69) is 10.3 Å². The summed E-state index contributed by atoms with van der Waals surface area (Å²) in [5.41, 5.74) is 2.04. The van der Waals surface area contributed by atoms with Gasteiger partial charge >= 0.3 is 0 Å². The van der Waals surface area contributed by atoms with Gasteiger partial charge in [0.05, 0.1) is 10.4 Å². The maximum Gasteiger partial charge on any atom is 0.278 e. The highest BCUT2D eigenvalue weighted by Gasteiger charge is 2.18. The maximum absolute atomic E-state index is 13.2. The monoisotopic (exact) mass is 462 g/mol. The molecule has 0 radical (unpaired) electrons. The summed E-state index contributed by atoms with van der Waals surface area (Å²) in [5.74, 6) is -0.0537. The summed E-state index contributed by atoms with van der Waals surface area (Å²) < 4.78 is 26.5. The topological polar surface area (TPSA) is 103 Å². The van der Waals surface area contributed by atoms with Crippen molar-refractivity contribution in [2.75, 3.05) is 17.8 Å². The Kier molecular flexibility index (Phi) is 6.61. The molecule has 0 spiro atoms. The van der Waals surface area contributed by atoms with Crippen LogP contribution in [0.4, 0.5) is 5.69 Å². The number of aryl methyl sites for hydroxylation is 1. The van der Waals surface area contributed by atoms with Gasteiger partial charge in [-0.3, -0.25) is 14.2 Å². The molecule has 0 aliphatic rings. The van der Waals surface area contributed by atoms with Crippen LogP contribution in [0.2, 0.25) is 0 Å². The van der Waals surface area contributed by atoms with Crippen molar-refractivity contribution in [2.45, 2.75) is 43.9 Å². The van der Waals surface area contributed by atoms with Gasteiger partial charge in [-0.15, -0.1) is 0 Å². The van der Waals surface area contributed by atoms with Gasteiger partial charge in [-0.05, 0) is 49.4 Å². The summed E-state index contributed by atoms with van der Waals surface area (Å²) in [4.78, 5) is 30.7. The van der Waals surface area contributed by atoms with Crippen LogP contribution in [0.5, 0.6) is 0 Å². The number of nitrogens with one attached hydrogen (secondary N) is 1. The molecule has 2 heterocycles. The lowest BCUT2D eigenvalue weighted by Crippen LogP contribution is -2.28. The number of carbonyl (C=O) groups is 1. The largest absolute Gasteiger partial charge is 0.330 e. The predicted molar refractivity (Wildman–Crippen MR) is 124 cm³/mol. The van der Waals surface area contributed by atoms with Gasteiger partial charge in [0.1, 0.15) is 12.1 Å². The smallest absolute Gasteiger partial charge is 0.278 e. The van der Waals surface area contributed by atoms with E-state index >= 15 is 0 Å². The van der Waals surface area contributed by atoms with Crippen LogP contribution < -0.4 is 10.9 Å². The molecule has 10 heteroatoms. The van der Waals surface area contributed by atoms with E-state index in [9.17, 15) is 18.0 Å². The fourth-order valence-corrected chi connectivity index (χ4v) is 4.56. The molecule has 1 N–H and O–H groups in total. The number of amides is 1. The molecular formula is C21H26N4O4S2. The van der Waals surface area contributed by atoms with Gasteiger partial charge in [0.15, 0.2) is 15.0 Å². The van der Waals surface area contributed by atoms with Crippen molar-refractivity contribution in [3.8, 4) is 0 Å². The van der Waals surface area contributed by atoms with E-state index in [0.717, 1.165) is 11.9 Å². The first-order chi connectivity index (χ1) is 14.5. The molecule has 2 aromatic heterocycles. The molecule has 0 unspecified atom stereocenters. The molecule has 166 valence electrons. The van der Waals surface area contributed by atoms with Gasteiger partial charge in [0.2, 0.25) is 5.91 Å². The summed E-state index contributed by atoms with van der Waals surface area (Å²) in [6.45, 7) is 6.39. The first kappa shape index (κ1) is 23.1. The second-order valence-corrected chi connectivity index (χ2v) is 10.6. The average Bonchev–Trinajstić information content (AvgIpc) is 2.98. The SMILES string of the molecule is CSc1nc2cc(C)n(CC(=O)Nc3ccc(S(C)(=O)=O)cc3)c2c(=O)n1CC(C)C. The lowest BCUT2D eigenvalue weighted by atomic mass is 10.2. The van der Waals surface area contributed by atoms with Crippen molar-refractivity contribution >= 4 is 44.2 Å². The van der Waals surface area contributed by atoms with Crippen LogP contribution in [0.25, 0.3) is 11.0 Å². The van der Waals surface area contributed by atoms with E-state index in [1.165, 1.54) is 36.0 Å². The Morgan fingerprint density at radius 2 is 1.84 bits per heavy atom. The number of hydrogen-bond acceptors (Lipinski definition) is 6. The highest BCUT2D eigenvalue weighted by Crippen LogP contribution is 2.20. The quantitative estimate of drug-likeness (QED) is 0.428. The summed E-state index contributed by atoms with van der Waals surface area (Å²) in [6.07, 6.45) is 3.01. The summed E-state index contributed by atoms with van der Waals surface area (Å²) in [7, 11) is -3.30. The summed E-state index contributed by atoms with van der Waals surface area (Å²) in [5, 5.41) is 3.40. The van der Waals surface area contributed by atoms with Crippen molar-refractivity contribution < 1.29 is 13.2 Å². The number of rotatable bonds is 7. The first-order valence-electron chi connectivity index (χ1n) is 9.76. The van der Waals surface area contributed by atoms with Crippen LogP contribution in [-0.2, 0) is 27.7 Å². The maximum atomic E-state index is 13.2. The molecular weight excluding hydrogens is 436 g/mol. The number of hydrogen-bond donors (Lipinski definition) is 1. The van der Waals surface area contributed by atoms with E-state index in [1.807, 2.05) is 33.1 Å². The number of sulfone groups is 1. The fourth-order valence-electron chi connectivity index (χ4n) is 3.36. The normalized spacial score (nSPS) is 11.9. The molecule has 0 aliphatic carbocycles. The third kappa shape index (κ3) is 5.01. The molecule has 0 aliphatic heterocycles. The summed E-state index contributed by atoms with van der Waals surface area (Å²) in [6, 6.07) is 7.78. The van der Waals surface area contributed by atoms with E-state index < -0.39 is 9.84 Å². The molecule has 0 saturated heterocycles. The molecule has 1 amide bonds. The zero-order valence-corrected chi connectivity index (χ0v) is 19.8. The fraction of sp³-hybridized carbons (Fsp3) is 0.381. The zero-order valence-electron chi connectivity index (χ0n) is 18.2. The third-order valence-corrected chi connectivity index (χ3v) is 6.58. The Balaban J connectivity index is 1.93. The minimum absolute atomic E-state index is 0.0552. The minimum Gasteiger partial charge on any atom is -0.330 e. The number of carbonyl (C=O) groups excluding carboxylic acids is 1. The minimum atomic E-state index is -3.30. The van der Waals surface area contributed by atoms with Gasteiger partial charge in [-0.25, -0.2) is 13.4 Å². The Labute approximate surface area is 185 Å². The van der Waals surface area contributed by atoms with E-state index in [1.54, 1.807) is 9.13 Å². The standard InChI is InChI=1S/C21H26N4O4S2/c1-13(2)11-25-20(27)19-17(23-21(25)30-4)10-14(3)24(19)12-18(26)22-15-6-8-16(9-7-15)31(5,28)29/h6-10,13H,11-12H2,1-5H3,(H,22,26). The Hall–Kier alpha value is -2.59. The van der Waals surface area contributed by atoms with Gasteiger partial charge in [-0.2, -0.15) is 0 Å². The van der Waals surface area contributed by atoms with E-state index in [4.69, 9.17) is 0 Å². The van der Waals surface area contributed by atoms with Gasteiger partial charge in [-0.1, -0.05) is 25.6 Å². The van der Waals surface area contributed by atoms with Gasteiger partial charge in [0, 0.05) is 24.2 Å².